The van der Waals surface area contributed by atoms with Crippen LogP contribution in [0.4, 0.5) is 0 Å². The summed E-state index contributed by atoms with van der Waals surface area (Å²) in [6, 6.07) is 15.9. The zero-order valence-electron chi connectivity index (χ0n) is 20.3. The highest BCUT2D eigenvalue weighted by Crippen LogP contribution is 2.59. The average Bonchev–Trinajstić information content (AvgIpc) is 2.84. The maximum atomic E-state index is 11.8. The van der Waals surface area contributed by atoms with E-state index in [2.05, 4.69) is 35.1 Å². The molecule has 1 saturated carbocycles. The van der Waals surface area contributed by atoms with E-state index in [-0.39, 0.29) is 11.3 Å². The van der Waals surface area contributed by atoms with E-state index in [0.717, 1.165) is 36.3 Å². The summed E-state index contributed by atoms with van der Waals surface area (Å²) in [6.07, 6.45) is 7.30. The molecule has 1 aromatic carbocycles. The van der Waals surface area contributed by atoms with Gasteiger partial charge >= 0.3 is 0 Å². The third kappa shape index (κ3) is 3.62. The van der Waals surface area contributed by atoms with E-state index in [9.17, 15) is 10.2 Å². The van der Waals surface area contributed by atoms with Gasteiger partial charge in [0.2, 0.25) is 0 Å². The molecule has 2 aliphatic rings. The molecule has 2 heterocycles. The minimum Gasteiger partial charge on any atom is -0.489 e. The molecule has 0 amide bonds. The molecule has 5 heteroatoms. The predicted molar refractivity (Wildman–Crippen MR) is 132 cm³/mol. The van der Waals surface area contributed by atoms with E-state index in [4.69, 9.17) is 4.74 Å². The lowest BCUT2D eigenvalue weighted by Gasteiger charge is -2.58. The molecule has 4 unspecified atom stereocenters. The Labute approximate surface area is 201 Å². The molecule has 0 aliphatic heterocycles. The van der Waals surface area contributed by atoms with Gasteiger partial charge in [0.15, 0.2) is 0 Å². The van der Waals surface area contributed by atoms with E-state index < -0.39 is 11.2 Å². The first-order valence-electron chi connectivity index (χ1n) is 12.3. The smallest absolute Gasteiger partial charge is 0.135 e. The van der Waals surface area contributed by atoms with Gasteiger partial charge in [0.05, 0.1) is 11.3 Å². The van der Waals surface area contributed by atoms with Gasteiger partial charge < -0.3 is 14.9 Å². The molecule has 2 N–H and O–H groups in total. The Morgan fingerprint density at radius 1 is 1.06 bits per heavy atom. The van der Waals surface area contributed by atoms with Crippen LogP contribution in [0, 0.1) is 12.8 Å². The number of rotatable bonds is 5. The second-order valence-electron chi connectivity index (χ2n) is 10.3. The van der Waals surface area contributed by atoms with Crippen LogP contribution >= 0.6 is 0 Å². The highest BCUT2D eigenvalue weighted by molar-refractivity contribution is 5.45. The van der Waals surface area contributed by atoms with Crippen LogP contribution in [0.2, 0.25) is 0 Å². The third-order valence-electron chi connectivity index (χ3n) is 8.48. The Hall–Kier alpha value is -2.76. The third-order valence-corrected chi connectivity index (χ3v) is 8.48. The second-order valence-corrected chi connectivity index (χ2v) is 10.3. The van der Waals surface area contributed by atoms with Gasteiger partial charge in [-0.1, -0.05) is 25.1 Å². The van der Waals surface area contributed by atoms with Crippen LogP contribution in [-0.4, -0.2) is 25.8 Å². The van der Waals surface area contributed by atoms with Gasteiger partial charge in [-0.05, 0) is 93.3 Å². The van der Waals surface area contributed by atoms with Crippen LogP contribution in [-0.2, 0) is 24.0 Å². The van der Waals surface area contributed by atoms with Crippen molar-refractivity contribution in [3.8, 4) is 5.75 Å². The van der Waals surface area contributed by atoms with Gasteiger partial charge in [-0.15, -0.1) is 0 Å². The average molecular weight is 459 g/mol. The number of nitrogens with zero attached hydrogens (tertiary/aromatic N) is 2. The normalized spacial score (nSPS) is 30.3. The number of aliphatic hydroxyl groups is 2. The number of hydrogen-bond donors (Lipinski definition) is 2. The SMILES string of the molecule is CCC12CC(C)(O)C(O)(c3ccccn3)CC1CCc1cc(OCc3cccnc3C)ccc12. The summed E-state index contributed by atoms with van der Waals surface area (Å²) in [5.74, 6) is 1.13. The molecule has 3 aromatic rings. The number of hydrogen-bond acceptors (Lipinski definition) is 5. The molecule has 1 fully saturated rings. The first kappa shape index (κ1) is 23.0. The zero-order valence-corrected chi connectivity index (χ0v) is 20.3. The fourth-order valence-electron chi connectivity index (χ4n) is 6.48. The van der Waals surface area contributed by atoms with Gasteiger partial charge in [-0.3, -0.25) is 9.97 Å². The number of fused-ring (bicyclic) bond motifs is 3. The van der Waals surface area contributed by atoms with Crippen molar-refractivity contribution < 1.29 is 14.9 Å². The van der Waals surface area contributed by atoms with Gasteiger partial charge in [0.1, 0.15) is 18.0 Å². The Morgan fingerprint density at radius 3 is 2.62 bits per heavy atom. The number of aryl methyl sites for hydroxylation is 2. The summed E-state index contributed by atoms with van der Waals surface area (Å²) in [6.45, 7) is 6.47. The van der Waals surface area contributed by atoms with Crippen molar-refractivity contribution in [2.75, 3.05) is 0 Å². The van der Waals surface area contributed by atoms with E-state index in [1.54, 1.807) is 19.3 Å². The molecule has 2 aliphatic carbocycles. The molecule has 0 spiro atoms. The minimum absolute atomic E-state index is 0.184. The molecule has 0 bridgehead atoms. The highest BCUT2D eigenvalue weighted by Gasteiger charge is 2.61. The first-order chi connectivity index (χ1) is 16.3. The molecule has 0 radical (unpaired) electrons. The van der Waals surface area contributed by atoms with Gasteiger partial charge in [-0.2, -0.15) is 0 Å². The number of aromatic nitrogens is 2. The molecule has 2 aromatic heterocycles. The standard InChI is InChI=1S/C29H34N2O3/c1-4-28-19-27(3,32)29(33,26-9-5-6-14-31-26)17-23(28)11-10-21-16-24(12-13-25(21)28)34-18-22-8-7-15-30-20(22)2/h5-9,12-16,23,32-33H,4,10-11,17-19H2,1-3H3. The van der Waals surface area contributed by atoms with Crippen molar-refractivity contribution in [1.29, 1.82) is 0 Å². The molecule has 5 rings (SSSR count). The van der Waals surface area contributed by atoms with Gasteiger partial charge in [-0.25, -0.2) is 0 Å². The topological polar surface area (TPSA) is 75.5 Å². The monoisotopic (exact) mass is 458 g/mol. The quantitative estimate of drug-likeness (QED) is 0.562. The first-order valence-corrected chi connectivity index (χ1v) is 12.3. The fourth-order valence-corrected chi connectivity index (χ4v) is 6.48. The lowest BCUT2D eigenvalue weighted by Crippen LogP contribution is -2.62. The lowest BCUT2D eigenvalue weighted by molar-refractivity contribution is -0.207. The van der Waals surface area contributed by atoms with Gasteiger partial charge in [0.25, 0.3) is 0 Å². The van der Waals surface area contributed by atoms with E-state index in [1.807, 2.05) is 37.3 Å². The molecule has 34 heavy (non-hydrogen) atoms. The molecule has 178 valence electrons. The summed E-state index contributed by atoms with van der Waals surface area (Å²) in [7, 11) is 0. The predicted octanol–water partition coefficient (Wildman–Crippen LogP) is 5.01. The molecule has 4 atom stereocenters. The van der Waals surface area contributed by atoms with E-state index in [1.165, 1.54) is 11.1 Å². The maximum Gasteiger partial charge on any atom is 0.135 e. The van der Waals surface area contributed by atoms with Crippen molar-refractivity contribution >= 4 is 0 Å². The van der Waals surface area contributed by atoms with Crippen molar-refractivity contribution in [3.63, 3.8) is 0 Å². The van der Waals surface area contributed by atoms with Crippen LogP contribution in [0.5, 0.6) is 5.75 Å². The Balaban J connectivity index is 1.45. The number of benzene rings is 1. The summed E-state index contributed by atoms with van der Waals surface area (Å²) < 4.78 is 6.14. The van der Waals surface area contributed by atoms with Crippen LogP contribution in [0.3, 0.4) is 0 Å². The Kier molecular flexibility index (Phi) is 5.73. The highest BCUT2D eigenvalue weighted by atomic mass is 16.5. The van der Waals surface area contributed by atoms with Crippen molar-refractivity contribution in [2.24, 2.45) is 5.92 Å². The van der Waals surface area contributed by atoms with Crippen LogP contribution < -0.4 is 4.74 Å². The van der Waals surface area contributed by atoms with Crippen molar-refractivity contribution in [2.45, 2.75) is 76.1 Å². The number of ether oxygens (including phenoxy) is 1. The van der Waals surface area contributed by atoms with Crippen LogP contribution in [0.25, 0.3) is 0 Å². The lowest BCUT2D eigenvalue weighted by atomic mass is 9.49. The van der Waals surface area contributed by atoms with Crippen LogP contribution in [0.15, 0.2) is 60.9 Å². The molecular weight excluding hydrogens is 424 g/mol. The summed E-state index contributed by atoms with van der Waals surface area (Å²) in [5, 5.41) is 23.5. The van der Waals surface area contributed by atoms with E-state index in [0.29, 0.717) is 25.1 Å². The molecule has 0 saturated heterocycles. The largest absolute Gasteiger partial charge is 0.489 e. The maximum absolute atomic E-state index is 11.8. The van der Waals surface area contributed by atoms with Crippen molar-refractivity contribution in [3.05, 3.63) is 89.0 Å². The summed E-state index contributed by atoms with van der Waals surface area (Å²) in [4.78, 5) is 8.78. The zero-order chi connectivity index (χ0) is 24.0. The van der Waals surface area contributed by atoms with Crippen molar-refractivity contribution in [1.82, 2.24) is 9.97 Å². The van der Waals surface area contributed by atoms with Crippen LogP contribution in [0.1, 0.15) is 67.6 Å². The Morgan fingerprint density at radius 2 is 1.88 bits per heavy atom. The fraction of sp³-hybridized carbons (Fsp3) is 0.448. The minimum atomic E-state index is -1.36. The second kappa shape index (κ2) is 8.47. The molecule has 5 nitrogen and oxygen atoms in total. The van der Waals surface area contributed by atoms with Gasteiger partial charge in [0, 0.05) is 29.1 Å². The number of pyridine rings is 2. The summed E-state index contributed by atoms with van der Waals surface area (Å²) >= 11 is 0. The Bertz CT molecular complexity index is 1180. The summed E-state index contributed by atoms with van der Waals surface area (Å²) in [5.41, 5.74) is 2.37. The van der Waals surface area contributed by atoms with E-state index >= 15 is 0 Å². The molecular formula is C29H34N2O3.